The van der Waals surface area contributed by atoms with Crippen LogP contribution in [0, 0.1) is 17.6 Å². The summed E-state index contributed by atoms with van der Waals surface area (Å²) >= 11 is 0. The van der Waals surface area contributed by atoms with E-state index in [0.717, 1.165) is 19.2 Å². The summed E-state index contributed by atoms with van der Waals surface area (Å²) in [6.45, 7) is 1.52. The summed E-state index contributed by atoms with van der Waals surface area (Å²) in [5.74, 6) is -4.49. The molecule has 0 aliphatic rings. The number of nitrogens with one attached hydrogen (secondary N) is 1. The van der Waals surface area contributed by atoms with Crippen LogP contribution in [0.1, 0.15) is 18.9 Å². The van der Waals surface area contributed by atoms with E-state index in [-0.39, 0.29) is 6.42 Å². The highest BCUT2D eigenvalue weighted by Gasteiger charge is 2.27. The zero-order chi connectivity index (χ0) is 18.3. The molecule has 132 valence electrons. The van der Waals surface area contributed by atoms with E-state index >= 15 is 0 Å². The summed E-state index contributed by atoms with van der Waals surface area (Å²) in [4.78, 5) is 35.2. The zero-order valence-corrected chi connectivity index (χ0v) is 13.6. The van der Waals surface area contributed by atoms with Crippen LogP contribution in [0.4, 0.5) is 8.78 Å². The number of hydrogen-bond acceptors (Lipinski definition) is 5. The molecule has 2 atom stereocenters. The van der Waals surface area contributed by atoms with Crippen LogP contribution < -0.4 is 5.32 Å². The van der Waals surface area contributed by atoms with Crippen LogP contribution in [0.5, 0.6) is 0 Å². The lowest BCUT2D eigenvalue weighted by atomic mass is 10.0. The molecular weight excluding hydrogens is 324 g/mol. The van der Waals surface area contributed by atoms with E-state index in [2.05, 4.69) is 14.8 Å². The maximum Gasteiger partial charge on any atom is 0.328 e. The minimum absolute atomic E-state index is 0.0646. The molecule has 0 spiro atoms. The minimum atomic E-state index is -1.13. The van der Waals surface area contributed by atoms with Gasteiger partial charge in [-0.2, -0.15) is 0 Å². The van der Waals surface area contributed by atoms with Gasteiger partial charge in [-0.25, -0.2) is 13.6 Å². The second kappa shape index (κ2) is 8.95. The number of halogens is 2. The molecule has 1 aromatic carbocycles. The van der Waals surface area contributed by atoms with Crippen molar-refractivity contribution in [1.29, 1.82) is 0 Å². The van der Waals surface area contributed by atoms with Crippen LogP contribution in [0.2, 0.25) is 0 Å². The van der Waals surface area contributed by atoms with Gasteiger partial charge in [-0.05, 0) is 18.6 Å². The highest BCUT2D eigenvalue weighted by Crippen LogP contribution is 2.14. The third-order valence-corrected chi connectivity index (χ3v) is 3.41. The Morgan fingerprint density at radius 3 is 2.12 bits per heavy atom. The second-order valence-electron chi connectivity index (χ2n) is 5.18. The van der Waals surface area contributed by atoms with Crippen LogP contribution in [-0.4, -0.2) is 38.1 Å². The summed E-state index contributed by atoms with van der Waals surface area (Å²) in [6.07, 6.45) is -0.649. The maximum atomic E-state index is 13.6. The number of carbonyl (C=O) groups is 3. The lowest BCUT2D eigenvalue weighted by molar-refractivity contribution is -0.148. The lowest BCUT2D eigenvalue weighted by Gasteiger charge is -2.19. The largest absolute Gasteiger partial charge is 0.469 e. The molecule has 1 rings (SSSR count). The monoisotopic (exact) mass is 343 g/mol. The molecule has 6 nitrogen and oxygen atoms in total. The molecule has 0 aliphatic carbocycles. The summed E-state index contributed by atoms with van der Waals surface area (Å²) in [7, 11) is 2.33. The highest BCUT2D eigenvalue weighted by molar-refractivity contribution is 5.86. The van der Waals surface area contributed by atoms with Gasteiger partial charge in [0, 0.05) is 5.56 Å². The van der Waals surface area contributed by atoms with Gasteiger partial charge in [-0.1, -0.05) is 13.0 Å². The van der Waals surface area contributed by atoms with Gasteiger partial charge in [0.2, 0.25) is 5.91 Å². The van der Waals surface area contributed by atoms with Crippen molar-refractivity contribution in [2.24, 2.45) is 5.92 Å². The Hall–Kier alpha value is -2.51. The molecule has 1 amide bonds. The predicted molar refractivity (Wildman–Crippen MR) is 79.8 cm³/mol. The van der Waals surface area contributed by atoms with Crippen LogP contribution in [-0.2, 0) is 30.3 Å². The topological polar surface area (TPSA) is 81.7 Å². The number of amides is 1. The van der Waals surface area contributed by atoms with E-state index in [9.17, 15) is 23.2 Å². The van der Waals surface area contributed by atoms with Crippen molar-refractivity contribution in [3.63, 3.8) is 0 Å². The first-order valence-corrected chi connectivity index (χ1v) is 7.18. The van der Waals surface area contributed by atoms with E-state index in [4.69, 9.17) is 0 Å². The summed E-state index contributed by atoms with van der Waals surface area (Å²) in [5.41, 5.74) is -0.403. The van der Waals surface area contributed by atoms with E-state index in [1.165, 1.54) is 20.1 Å². The number of carbonyl (C=O) groups excluding carboxylic acids is 3. The van der Waals surface area contributed by atoms with Gasteiger partial charge in [0.25, 0.3) is 0 Å². The van der Waals surface area contributed by atoms with Crippen molar-refractivity contribution in [3.8, 4) is 0 Å². The first-order chi connectivity index (χ1) is 11.3. The Bertz CT molecular complexity index is 600. The number of ether oxygens (including phenoxy) is 2. The van der Waals surface area contributed by atoms with Gasteiger partial charge in [0.1, 0.15) is 17.7 Å². The molecule has 8 heteroatoms. The molecular formula is C16H19F2NO5. The molecule has 0 aliphatic heterocycles. The Morgan fingerprint density at radius 1 is 1.08 bits per heavy atom. The molecule has 0 fully saturated rings. The molecule has 0 radical (unpaired) electrons. The average molecular weight is 343 g/mol. The molecule has 0 aromatic heterocycles. The Morgan fingerprint density at radius 2 is 1.62 bits per heavy atom. The standard InChI is InChI=1S/C16H19F2NO5/c1-9(15(21)23-2)7-13(16(22)24-3)19-14(20)8-10-11(17)5-4-6-12(10)18/h4-6,9,13H,7-8H2,1-3H3,(H,19,20)/t9-,13-/m0/s1. The number of methoxy groups -OCH3 is 2. The highest BCUT2D eigenvalue weighted by atomic mass is 19.1. The van der Waals surface area contributed by atoms with Crippen molar-refractivity contribution in [3.05, 3.63) is 35.4 Å². The summed E-state index contributed by atoms with van der Waals surface area (Å²) in [6, 6.07) is 2.11. The van der Waals surface area contributed by atoms with Crippen LogP contribution in [0.25, 0.3) is 0 Å². The molecule has 1 N–H and O–H groups in total. The zero-order valence-electron chi connectivity index (χ0n) is 13.6. The molecule has 0 saturated heterocycles. The van der Waals surface area contributed by atoms with Crippen LogP contribution in [0.3, 0.4) is 0 Å². The van der Waals surface area contributed by atoms with Gasteiger partial charge < -0.3 is 14.8 Å². The minimum Gasteiger partial charge on any atom is -0.469 e. The van der Waals surface area contributed by atoms with Crippen molar-refractivity contribution in [1.82, 2.24) is 5.32 Å². The Balaban J connectivity index is 2.81. The number of rotatable bonds is 7. The first kappa shape index (κ1) is 19.5. The third kappa shape index (κ3) is 5.29. The van der Waals surface area contributed by atoms with Crippen LogP contribution >= 0.6 is 0 Å². The van der Waals surface area contributed by atoms with E-state index in [1.807, 2.05) is 0 Å². The molecule has 0 saturated carbocycles. The molecule has 0 bridgehead atoms. The molecule has 24 heavy (non-hydrogen) atoms. The van der Waals surface area contributed by atoms with Gasteiger partial charge in [0.05, 0.1) is 26.6 Å². The average Bonchev–Trinajstić information content (AvgIpc) is 2.56. The quantitative estimate of drug-likeness (QED) is 0.756. The fourth-order valence-electron chi connectivity index (χ4n) is 2.11. The predicted octanol–water partition coefficient (Wildman–Crippen LogP) is 1.36. The third-order valence-electron chi connectivity index (χ3n) is 3.41. The fourth-order valence-corrected chi connectivity index (χ4v) is 2.11. The first-order valence-electron chi connectivity index (χ1n) is 7.18. The van der Waals surface area contributed by atoms with E-state index in [0.29, 0.717) is 0 Å². The second-order valence-corrected chi connectivity index (χ2v) is 5.18. The number of benzene rings is 1. The van der Waals surface area contributed by atoms with E-state index in [1.54, 1.807) is 0 Å². The van der Waals surface area contributed by atoms with Gasteiger partial charge in [0.15, 0.2) is 0 Å². The normalized spacial score (nSPS) is 12.9. The van der Waals surface area contributed by atoms with E-state index < -0.39 is 53.4 Å². The molecule has 0 unspecified atom stereocenters. The number of hydrogen-bond donors (Lipinski definition) is 1. The van der Waals surface area contributed by atoms with Gasteiger partial charge in [-0.15, -0.1) is 0 Å². The fraction of sp³-hybridized carbons (Fsp3) is 0.438. The molecule has 0 heterocycles. The number of esters is 2. The van der Waals surface area contributed by atoms with Crippen LogP contribution in [0.15, 0.2) is 18.2 Å². The lowest BCUT2D eigenvalue weighted by Crippen LogP contribution is -2.44. The van der Waals surface area contributed by atoms with Crippen molar-refractivity contribution < 1.29 is 32.6 Å². The maximum absolute atomic E-state index is 13.6. The van der Waals surface area contributed by atoms with Crippen molar-refractivity contribution in [2.75, 3.05) is 14.2 Å². The molecule has 1 aromatic rings. The SMILES string of the molecule is COC(=O)[C@H](C[C@H](C)C(=O)OC)NC(=O)Cc1c(F)cccc1F. The van der Waals surface area contributed by atoms with Gasteiger partial charge >= 0.3 is 11.9 Å². The summed E-state index contributed by atoms with van der Waals surface area (Å²) < 4.78 is 36.3. The van der Waals surface area contributed by atoms with Crippen molar-refractivity contribution in [2.45, 2.75) is 25.8 Å². The smallest absolute Gasteiger partial charge is 0.328 e. The summed E-state index contributed by atoms with van der Waals surface area (Å²) in [5, 5.41) is 2.33. The van der Waals surface area contributed by atoms with Gasteiger partial charge in [-0.3, -0.25) is 9.59 Å². The Labute approximate surface area is 138 Å². The Kier molecular flexibility index (Phi) is 7.29. The van der Waals surface area contributed by atoms with Crippen molar-refractivity contribution >= 4 is 17.8 Å².